The fourth-order valence-corrected chi connectivity index (χ4v) is 2.14. The Morgan fingerprint density at radius 3 is 1.17 bits per heavy atom. The first-order valence-corrected chi connectivity index (χ1v) is 5.77. The molecule has 0 saturated carbocycles. The Labute approximate surface area is 104 Å². The normalized spacial score (nSPS) is 18.3. The SMILES string of the molecule is CC(C)C(C)(C)C(F)(C(C)C)C(F)(F)C(F)(F)F. The maximum absolute atomic E-state index is 14.7. The Kier molecular flexibility index (Phi) is 4.49. The Morgan fingerprint density at radius 2 is 1.00 bits per heavy atom. The van der Waals surface area contributed by atoms with Crippen molar-refractivity contribution in [3.63, 3.8) is 0 Å². The van der Waals surface area contributed by atoms with Crippen molar-refractivity contribution in [2.45, 2.75) is 59.3 Å². The average Bonchev–Trinajstić information content (AvgIpc) is 2.13. The molecule has 0 spiro atoms. The van der Waals surface area contributed by atoms with Gasteiger partial charge >= 0.3 is 12.1 Å². The van der Waals surface area contributed by atoms with Crippen molar-refractivity contribution in [3.8, 4) is 0 Å². The number of hydrogen-bond acceptors (Lipinski definition) is 0. The van der Waals surface area contributed by atoms with Crippen molar-refractivity contribution in [2.24, 2.45) is 17.3 Å². The fraction of sp³-hybridized carbons (Fsp3) is 1.00. The van der Waals surface area contributed by atoms with E-state index in [2.05, 4.69) is 0 Å². The van der Waals surface area contributed by atoms with Crippen LogP contribution in [0.2, 0.25) is 0 Å². The first-order valence-electron chi connectivity index (χ1n) is 5.77. The molecule has 0 bridgehead atoms. The van der Waals surface area contributed by atoms with Gasteiger partial charge in [-0.3, -0.25) is 0 Å². The van der Waals surface area contributed by atoms with Crippen LogP contribution in [0.1, 0.15) is 41.5 Å². The van der Waals surface area contributed by atoms with Crippen molar-refractivity contribution in [1.29, 1.82) is 0 Å². The first-order chi connectivity index (χ1) is 7.64. The van der Waals surface area contributed by atoms with Crippen molar-refractivity contribution in [1.82, 2.24) is 0 Å². The zero-order valence-corrected chi connectivity index (χ0v) is 11.4. The minimum atomic E-state index is -5.90. The summed E-state index contributed by atoms with van der Waals surface area (Å²) in [6, 6.07) is 0. The van der Waals surface area contributed by atoms with Gasteiger partial charge in [0.15, 0.2) is 5.67 Å². The van der Waals surface area contributed by atoms with Crippen LogP contribution < -0.4 is 0 Å². The van der Waals surface area contributed by atoms with Gasteiger partial charge < -0.3 is 0 Å². The summed E-state index contributed by atoms with van der Waals surface area (Å²) >= 11 is 0. The van der Waals surface area contributed by atoms with E-state index in [0.29, 0.717) is 0 Å². The van der Waals surface area contributed by atoms with Gasteiger partial charge in [0, 0.05) is 5.41 Å². The number of alkyl halides is 6. The van der Waals surface area contributed by atoms with E-state index in [0.717, 1.165) is 27.7 Å². The largest absolute Gasteiger partial charge is 0.456 e. The molecule has 0 aromatic heterocycles. The molecule has 0 aliphatic heterocycles. The summed E-state index contributed by atoms with van der Waals surface area (Å²) in [7, 11) is 0. The first kappa shape index (κ1) is 17.6. The van der Waals surface area contributed by atoms with Crippen LogP contribution in [0.25, 0.3) is 0 Å². The van der Waals surface area contributed by atoms with E-state index in [1.54, 1.807) is 0 Å². The lowest BCUT2D eigenvalue weighted by molar-refractivity contribution is -0.356. The lowest BCUT2D eigenvalue weighted by Crippen LogP contribution is -2.65. The molecule has 18 heavy (non-hydrogen) atoms. The van der Waals surface area contributed by atoms with Crippen LogP contribution in [0.5, 0.6) is 0 Å². The molecule has 0 saturated heterocycles. The molecule has 0 rings (SSSR count). The highest BCUT2D eigenvalue weighted by molar-refractivity contribution is 5.09. The van der Waals surface area contributed by atoms with Crippen LogP contribution in [-0.2, 0) is 0 Å². The van der Waals surface area contributed by atoms with Gasteiger partial charge in [-0.15, -0.1) is 0 Å². The van der Waals surface area contributed by atoms with Crippen LogP contribution in [0.15, 0.2) is 0 Å². The van der Waals surface area contributed by atoms with Crippen molar-refractivity contribution < 1.29 is 26.3 Å². The van der Waals surface area contributed by atoms with Gasteiger partial charge in [-0.1, -0.05) is 41.5 Å². The second-order valence-corrected chi connectivity index (χ2v) is 5.82. The highest BCUT2D eigenvalue weighted by Gasteiger charge is 2.76. The number of hydrogen-bond donors (Lipinski definition) is 0. The predicted molar refractivity (Wildman–Crippen MR) is 58.3 cm³/mol. The predicted octanol–water partition coefficient (Wildman–Crippen LogP) is 5.23. The molecule has 110 valence electrons. The topological polar surface area (TPSA) is 0 Å². The van der Waals surface area contributed by atoms with Crippen LogP contribution in [0.3, 0.4) is 0 Å². The lowest BCUT2D eigenvalue weighted by atomic mass is 9.61. The third kappa shape index (κ3) is 2.23. The average molecular weight is 278 g/mol. The Bertz CT molecular complexity index is 289. The highest BCUT2D eigenvalue weighted by atomic mass is 19.4. The summed E-state index contributed by atoms with van der Waals surface area (Å²) in [4.78, 5) is 0. The quantitative estimate of drug-likeness (QED) is 0.618. The second kappa shape index (κ2) is 4.60. The van der Waals surface area contributed by atoms with E-state index in [1.807, 2.05) is 0 Å². The van der Waals surface area contributed by atoms with Gasteiger partial charge in [-0.05, 0) is 11.8 Å². The van der Waals surface area contributed by atoms with Gasteiger partial charge in [0.1, 0.15) is 0 Å². The third-order valence-electron chi connectivity index (χ3n) is 3.99. The lowest BCUT2D eigenvalue weighted by Gasteiger charge is -2.49. The molecular weight excluding hydrogens is 258 g/mol. The second-order valence-electron chi connectivity index (χ2n) is 5.82. The zero-order chi connectivity index (χ0) is 15.2. The molecule has 0 aromatic carbocycles. The number of rotatable bonds is 4. The van der Waals surface area contributed by atoms with Crippen molar-refractivity contribution in [3.05, 3.63) is 0 Å². The van der Waals surface area contributed by atoms with E-state index >= 15 is 0 Å². The van der Waals surface area contributed by atoms with Crippen LogP contribution in [0, 0.1) is 17.3 Å². The molecule has 0 fully saturated rings. The van der Waals surface area contributed by atoms with E-state index in [9.17, 15) is 26.3 Å². The molecule has 1 unspecified atom stereocenters. The Hall–Kier alpha value is -0.420. The molecule has 0 N–H and O–H groups in total. The minimum absolute atomic E-state index is 0.668. The van der Waals surface area contributed by atoms with Crippen LogP contribution in [0.4, 0.5) is 26.3 Å². The van der Waals surface area contributed by atoms with Gasteiger partial charge in [0.05, 0.1) is 0 Å². The zero-order valence-electron chi connectivity index (χ0n) is 11.4. The molecule has 0 heterocycles. The molecule has 0 aliphatic rings. The van der Waals surface area contributed by atoms with Gasteiger partial charge in [-0.25, -0.2) is 4.39 Å². The van der Waals surface area contributed by atoms with Gasteiger partial charge in [-0.2, -0.15) is 22.0 Å². The fourth-order valence-electron chi connectivity index (χ4n) is 2.14. The van der Waals surface area contributed by atoms with E-state index < -0.39 is 35.0 Å². The summed E-state index contributed by atoms with van der Waals surface area (Å²) in [6.07, 6.45) is -5.90. The molecule has 0 radical (unpaired) electrons. The van der Waals surface area contributed by atoms with Crippen LogP contribution in [-0.4, -0.2) is 17.8 Å². The summed E-state index contributed by atoms with van der Waals surface area (Å²) in [5.74, 6) is -7.52. The molecular formula is C12H20F6. The Balaban J connectivity index is 6.01. The monoisotopic (exact) mass is 278 g/mol. The smallest absolute Gasteiger partial charge is 0.236 e. The van der Waals surface area contributed by atoms with E-state index in [-0.39, 0.29) is 0 Å². The summed E-state index contributed by atoms with van der Waals surface area (Å²) in [5.41, 5.74) is -5.48. The van der Waals surface area contributed by atoms with Crippen LogP contribution >= 0.6 is 0 Å². The molecule has 6 heteroatoms. The van der Waals surface area contributed by atoms with Crippen molar-refractivity contribution >= 4 is 0 Å². The molecule has 0 amide bonds. The standard InChI is InChI=1S/C12H20F6/c1-7(2)9(5,6)10(13,8(3)4)11(14,15)12(16,17)18/h7-8H,1-6H3. The maximum atomic E-state index is 14.7. The molecule has 0 nitrogen and oxygen atoms in total. The molecule has 1 atom stereocenters. The van der Waals surface area contributed by atoms with E-state index in [1.165, 1.54) is 13.8 Å². The van der Waals surface area contributed by atoms with Gasteiger partial charge in [0.25, 0.3) is 0 Å². The summed E-state index contributed by atoms with van der Waals surface area (Å²) < 4.78 is 79.4. The summed E-state index contributed by atoms with van der Waals surface area (Å²) in [6.45, 7) is 7.18. The maximum Gasteiger partial charge on any atom is 0.456 e. The minimum Gasteiger partial charge on any atom is -0.236 e. The van der Waals surface area contributed by atoms with Crippen molar-refractivity contribution in [2.75, 3.05) is 0 Å². The van der Waals surface area contributed by atoms with E-state index in [4.69, 9.17) is 0 Å². The Morgan fingerprint density at radius 1 is 0.667 bits per heavy atom. The molecule has 0 aliphatic carbocycles. The summed E-state index contributed by atoms with van der Waals surface area (Å²) in [5, 5.41) is 0. The van der Waals surface area contributed by atoms with Gasteiger partial charge in [0.2, 0.25) is 0 Å². The molecule has 0 aromatic rings. The highest BCUT2D eigenvalue weighted by Crippen LogP contribution is 2.58. The number of halogens is 6. The third-order valence-corrected chi connectivity index (χ3v) is 3.99.